The normalized spacial score (nSPS) is 27.0. The van der Waals surface area contributed by atoms with Gasteiger partial charge in [-0.2, -0.15) is 4.98 Å². The fourth-order valence-electron chi connectivity index (χ4n) is 5.05. The number of fused-ring (bicyclic) bond motifs is 1. The molecule has 0 bridgehead atoms. The third-order valence-corrected chi connectivity index (χ3v) is 6.57. The summed E-state index contributed by atoms with van der Waals surface area (Å²) in [6.45, 7) is 3.63. The van der Waals surface area contributed by atoms with Crippen LogP contribution in [0.25, 0.3) is 11.1 Å². The van der Waals surface area contributed by atoms with Crippen LogP contribution in [0.2, 0.25) is 0 Å². The van der Waals surface area contributed by atoms with Crippen LogP contribution in [-0.4, -0.2) is 30.3 Å². The SMILES string of the molecule is COC(=O)[C@H](C)Oc1cc2c3c(c1)[C@H](N)[C@](N)(c1ccc4oc(N)nc4c1)[C@H]3C[C@@H](C)O2. The molecule has 5 atom stereocenters. The van der Waals surface area contributed by atoms with Crippen molar-refractivity contribution in [2.24, 2.45) is 11.5 Å². The molecule has 1 aliphatic carbocycles. The molecule has 2 aliphatic rings. The molecule has 3 aromatic rings. The highest BCUT2D eigenvalue weighted by atomic mass is 16.6. The quantitative estimate of drug-likeness (QED) is 0.522. The fourth-order valence-corrected chi connectivity index (χ4v) is 5.05. The molecule has 2 aromatic carbocycles. The second-order valence-electron chi connectivity index (χ2n) is 8.57. The molecular weight excluding hydrogens is 412 g/mol. The number of benzene rings is 2. The smallest absolute Gasteiger partial charge is 0.346 e. The molecule has 1 aliphatic heterocycles. The summed E-state index contributed by atoms with van der Waals surface area (Å²) in [6.07, 6.45) is -0.141. The number of nitrogens with zero attached hydrogens (tertiary/aromatic N) is 1. The zero-order valence-electron chi connectivity index (χ0n) is 18.1. The fraction of sp³-hybridized carbons (Fsp3) is 0.391. The Labute approximate surface area is 184 Å². The van der Waals surface area contributed by atoms with Gasteiger partial charge in [0, 0.05) is 17.5 Å². The second kappa shape index (κ2) is 7.11. The molecular formula is C23H26N4O5. The first-order chi connectivity index (χ1) is 15.2. The van der Waals surface area contributed by atoms with Gasteiger partial charge in [-0.1, -0.05) is 6.07 Å². The van der Waals surface area contributed by atoms with Crippen molar-refractivity contribution in [2.45, 2.75) is 50.0 Å². The van der Waals surface area contributed by atoms with Crippen LogP contribution >= 0.6 is 0 Å². The Morgan fingerprint density at radius 2 is 2.09 bits per heavy atom. The first-order valence-corrected chi connectivity index (χ1v) is 10.5. The van der Waals surface area contributed by atoms with Crippen molar-refractivity contribution in [3.05, 3.63) is 47.0 Å². The molecule has 0 fully saturated rings. The maximum atomic E-state index is 11.8. The van der Waals surface area contributed by atoms with E-state index in [2.05, 4.69) is 4.98 Å². The molecule has 9 nitrogen and oxygen atoms in total. The first-order valence-electron chi connectivity index (χ1n) is 10.5. The Bertz CT molecular complexity index is 1220. The van der Waals surface area contributed by atoms with Crippen LogP contribution in [0.4, 0.5) is 6.01 Å². The summed E-state index contributed by atoms with van der Waals surface area (Å²) >= 11 is 0. The van der Waals surface area contributed by atoms with Crippen LogP contribution in [0.15, 0.2) is 34.7 Å². The van der Waals surface area contributed by atoms with Crippen LogP contribution in [-0.2, 0) is 15.1 Å². The van der Waals surface area contributed by atoms with Gasteiger partial charge in [0.25, 0.3) is 6.01 Å². The number of hydrogen-bond acceptors (Lipinski definition) is 9. The number of methoxy groups -OCH3 is 1. The van der Waals surface area contributed by atoms with Gasteiger partial charge in [0.15, 0.2) is 11.7 Å². The maximum absolute atomic E-state index is 11.8. The lowest BCUT2D eigenvalue weighted by molar-refractivity contribution is -0.147. The number of ether oxygens (including phenoxy) is 3. The molecule has 0 radical (unpaired) electrons. The van der Waals surface area contributed by atoms with Crippen LogP contribution in [0, 0.1) is 0 Å². The molecule has 0 saturated heterocycles. The Hall–Kier alpha value is -3.30. The third-order valence-electron chi connectivity index (χ3n) is 6.57. The Balaban J connectivity index is 1.61. The minimum absolute atomic E-state index is 0.0694. The van der Waals surface area contributed by atoms with Gasteiger partial charge in [-0.15, -0.1) is 0 Å². The van der Waals surface area contributed by atoms with E-state index in [4.69, 9.17) is 35.8 Å². The average molecular weight is 438 g/mol. The number of carbonyl (C=O) groups excluding carboxylic acids is 1. The summed E-state index contributed by atoms with van der Waals surface area (Å²) < 4.78 is 22.1. The minimum atomic E-state index is -0.899. The van der Waals surface area contributed by atoms with Gasteiger partial charge >= 0.3 is 5.97 Å². The molecule has 0 amide bonds. The molecule has 9 heteroatoms. The summed E-state index contributed by atoms with van der Waals surface area (Å²) in [7, 11) is 1.32. The van der Waals surface area contributed by atoms with E-state index < -0.39 is 23.7 Å². The van der Waals surface area contributed by atoms with Crippen LogP contribution in [0.3, 0.4) is 0 Å². The van der Waals surface area contributed by atoms with Crippen molar-refractivity contribution in [3.63, 3.8) is 0 Å². The second-order valence-corrected chi connectivity index (χ2v) is 8.57. The van der Waals surface area contributed by atoms with Gasteiger partial charge < -0.3 is 35.8 Å². The predicted octanol–water partition coefficient (Wildman–Crippen LogP) is 2.47. The molecule has 6 N–H and O–H groups in total. The number of nitrogens with two attached hydrogens (primary N) is 3. The summed E-state index contributed by atoms with van der Waals surface area (Å²) in [4.78, 5) is 16.1. The van der Waals surface area contributed by atoms with Crippen LogP contribution < -0.4 is 26.7 Å². The zero-order valence-corrected chi connectivity index (χ0v) is 18.1. The van der Waals surface area contributed by atoms with E-state index in [0.717, 1.165) is 16.7 Å². The maximum Gasteiger partial charge on any atom is 0.346 e. The van der Waals surface area contributed by atoms with Crippen LogP contribution in [0.1, 0.15) is 48.9 Å². The summed E-state index contributed by atoms with van der Waals surface area (Å²) in [5.74, 6) is 0.612. The lowest BCUT2D eigenvalue weighted by atomic mass is 9.74. The van der Waals surface area contributed by atoms with Crippen molar-refractivity contribution in [3.8, 4) is 11.5 Å². The van der Waals surface area contributed by atoms with Crippen LogP contribution in [0.5, 0.6) is 11.5 Å². The molecule has 0 saturated carbocycles. The molecule has 0 spiro atoms. The summed E-state index contributed by atoms with van der Waals surface area (Å²) in [5, 5.41) is 0. The molecule has 1 aromatic heterocycles. The van der Waals surface area contributed by atoms with Gasteiger partial charge in [-0.25, -0.2) is 4.79 Å². The highest BCUT2D eigenvalue weighted by Crippen LogP contribution is 2.59. The Morgan fingerprint density at radius 3 is 2.84 bits per heavy atom. The van der Waals surface area contributed by atoms with Gasteiger partial charge in [0.1, 0.15) is 17.0 Å². The molecule has 5 rings (SSSR count). The van der Waals surface area contributed by atoms with E-state index in [9.17, 15) is 4.79 Å². The van der Waals surface area contributed by atoms with E-state index in [-0.39, 0.29) is 18.0 Å². The Kier molecular flexibility index (Phi) is 4.58. The number of rotatable bonds is 4. The Morgan fingerprint density at radius 1 is 1.31 bits per heavy atom. The van der Waals surface area contributed by atoms with Gasteiger partial charge in [0.05, 0.1) is 24.8 Å². The number of oxazole rings is 1. The standard InChI is InChI=1S/C23H26N4O5/c1-10-6-15-19-14(8-13(9-18(19)30-10)31-11(2)21(28)29-3)20(24)23(15,26)12-4-5-17-16(7-12)27-22(25)32-17/h4-5,7-11,15,20H,6,24,26H2,1-3H3,(H2,25,27)/t10-,11+,15+,20+,23+/m1/s1. The highest BCUT2D eigenvalue weighted by molar-refractivity contribution is 5.76. The van der Waals surface area contributed by atoms with Crippen molar-refractivity contribution in [1.82, 2.24) is 4.98 Å². The van der Waals surface area contributed by atoms with E-state index in [1.54, 1.807) is 13.0 Å². The van der Waals surface area contributed by atoms with E-state index >= 15 is 0 Å². The number of anilines is 1. The highest BCUT2D eigenvalue weighted by Gasteiger charge is 2.54. The van der Waals surface area contributed by atoms with Crippen molar-refractivity contribution in [1.29, 1.82) is 0 Å². The van der Waals surface area contributed by atoms with Gasteiger partial charge in [-0.05, 0) is 49.6 Å². The van der Waals surface area contributed by atoms with Crippen molar-refractivity contribution >= 4 is 23.1 Å². The number of nitrogen functional groups attached to an aromatic ring is 1. The number of esters is 1. The average Bonchev–Trinajstić information content (AvgIpc) is 3.23. The van der Waals surface area contributed by atoms with E-state index in [1.165, 1.54) is 7.11 Å². The number of aromatic nitrogens is 1. The lowest BCUT2D eigenvalue weighted by Crippen LogP contribution is -2.48. The van der Waals surface area contributed by atoms with Crippen molar-refractivity contribution < 1.29 is 23.4 Å². The third kappa shape index (κ3) is 2.92. The van der Waals surface area contributed by atoms with Gasteiger partial charge in [-0.3, -0.25) is 0 Å². The summed E-state index contributed by atoms with van der Waals surface area (Å²) in [6, 6.07) is 8.82. The molecule has 168 valence electrons. The minimum Gasteiger partial charge on any atom is -0.490 e. The van der Waals surface area contributed by atoms with E-state index in [0.29, 0.717) is 29.0 Å². The molecule has 32 heavy (non-hydrogen) atoms. The monoisotopic (exact) mass is 438 g/mol. The lowest BCUT2D eigenvalue weighted by Gasteiger charge is -2.39. The number of carbonyl (C=O) groups is 1. The predicted molar refractivity (Wildman–Crippen MR) is 117 cm³/mol. The topological polar surface area (TPSA) is 149 Å². The largest absolute Gasteiger partial charge is 0.490 e. The van der Waals surface area contributed by atoms with E-state index in [1.807, 2.05) is 31.2 Å². The van der Waals surface area contributed by atoms with Gasteiger partial charge in [0.2, 0.25) is 0 Å². The molecule has 0 unspecified atom stereocenters. The first kappa shape index (κ1) is 20.6. The summed E-state index contributed by atoms with van der Waals surface area (Å²) in [5.41, 5.74) is 22.6. The number of hydrogen-bond donors (Lipinski definition) is 3. The zero-order chi connectivity index (χ0) is 22.8. The van der Waals surface area contributed by atoms with Crippen molar-refractivity contribution in [2.75, 3.05) is 12.8 Å². The molecule has 2 heterocycles.